The molecule has 0 saturated carbocycles. The molecule has 0 bridgehead atoms. The van der Waals surface area contributed by atoms with Crippen LogP contribution < -0.4 is 4.74 Å². The maximum atomic E-state index is 12.9. The Morgan fingerprint density at radius 1 is 1.09 bits per heavy atom. The zero-order valence-corrected chi connectivity index (χ0v) is 22.9. The van der Waals surface area contributed by atoms with Gasteiger partial charge in [0, 0.05) is 34.1 Å². The van der Waals surface area contributed by atoms with Gasteiger partial charge in [-0.05, 0) is 59.4 Å². The summed E-state index contributed by atoms with van der Waals surface area (Å²) in [5, 5.41) is 2.00. The molecule has 1 heterocycles. The highest BCUT2D eigenvalue weighted by molar-refractivity contribution is 7.11. The molecule has 0 fully saturated rings. The first kappa shape index (κ1) is 28.8. The fourth-order valence-corrected chi connectivity index (χ4v) is 4.32. The van der Waals surface area contributed by atoms with Crippen molar-refractivity contribution < 1.29 is 23.0 Å². The summed E-state index contributed by atoms with van der Waals surface area (Å²) in [6.07, 6.45) is 2.57. The van der Waals surface area contributed by atoms with Gasteiger partial charge < -0.3 is 9.47 Å². The normalized spacial score (nSPS) is 13.1. The van der Waals surface area contributed by atoms with Crippen molar-refractivity contribution in [1.82, 2.24) is 0 Å². The van der Waals surface area contributed by atoms with Crippen molar-refractivity contribution in [1.29, 1.82) is 0 Å². The van der Waals surface area contributed by atoms with Crippen LogP contribution in [0.15, 0.2) is 41.3 Å². The van der Waals surface area contributed by atoms with Gasteiger partial charge >= 0.3 is 5.97 Å². The van der Waals surface area contributed by atoms with E-state index in [9.17, 15) is 13.6 Å². The summed E-state index contributed by atoms with van der Waals surface area (Å²) >= 11 is 1.57. The Bertz CT molecular complexity index is 1070. The smallest absolute Gasteiger partial charge is 0.330 e. The van der Waals surface area contributed by atoms with Crippen LogP contribution in [0.1, 0.15) is 77.8 Å². The molecule has 1 aromatic carbocycles. The third kappa shape index (κ3) is 8.31. The number of ether oxygens (including phenoxy) is 2. The van der Waals surface area contributed by atoms with Gasteiger partial charge in [-0.25, -0.2) is 13.6 Å². The number of benzene rings is 1. The zero-order chi connectivity index (χ0) is 26.4. The van der Waals surface area contributed by atoms with Gasteiger partial charge in [0.15, 0.2) is 0 Å². The second kappa shape index (κ2) is 12.0. The lowest BCUT2D eigenvalue weighted by atomic mass is 9.78. The Balaban J connectivity index is 2.65. The first-order valence-corrected chi connectivity index (χ1v) is 12.8. The molecule has 0 radical (unpaired) electrons. The predicted molar refractivity (Wildman–Crippen MR) is 143 cm³/mol. The summed E-state index contributed by atoms with van der Waals surface area (Å²) in [7, 11) is 0. The van der Waals surface area contributed by atoms with E-state index in [1.54, 1.807) is 18.3 Å². The molecular weight excluding hydrogens is 466 g/mol. The Morgan fingerprint density at radius 2 is 1.77 bits per heavy atom. The van der Waals surface area contributed by atoms with Crippen molar-refractivity contribution >= 4 is 23.4 Å². The van der Waals surface area contributed by atoms with E-state index in [2.05, 4.69) is 53.7 Å². The van der Waals surface area contributed by atoms with Crippen molar-refractivity contribution in [3.63, 3.8) is 0 Å². The number of thiophene rings is 1. The third-order valence-corrected chi connectivity index (χ3v) is 6.34. The number of carbonyl (C=O) groups is 1. The summed E-state index contributed by atoms with van der Waals surface area (Å²) in [5.74, 6) is 0.279. The molecule has 0 N–H and O–H groups in total. The number of hydrogen-bond donors (Lipinski definition) is 0. The molecule has 6 heteroatoms. The van der Waals surface area contributed by atoms with Gasteiger partial charge in [-0.2, -0.15) is 0 Å². The lowest BCUT2D eigenvalue weighted by molar-refractivity contribution is -0.137. The number of esters is 1. The van der Waals surface area contributed by atoms with Gasteiger partial charge in [-0.3, -0.25) is 0 Å². The van der Waals surface area contributed by atoms with E-state index in [1.807, 2.05) is 30.5 Å². The van der Waals surface area contributed by atoms with Gasteiger partial charge in [-0.1, -0.05) is 53.7 Å². The molecule has 0 atom stereocenters. The van der Waals surface area contributed by atoms with Crippen molar-refractivity contribution in [3.8, 4) is 16.9 Å². The predicted octanol–water partition coefficient (Wildman–Crippen LogP) is 8.57. The molecule has 192 valence electrons. The molecule has 2 aromatic rings. The lowest BCUT2D eigenvalue weighted by Gasteiger charge is -2.29. The molecule has 0 unspecified atom stereocenters. The summed E-state index contributed by atoms with van der Waals surface area (Å²) < 4.78 is 36.9. The zero-order valence-electron chi connectivity index (χ0n) is 22.1. The molecule has 1 aromatic heterocycles. The van der Waals surface area contributed by atoms with E-state index in [0.717, 1.165) is 32.7 Å². The fraction of sp³-hybridized carbons (Fsp3) is 0.483. The summed E-state index contributed by atoms with van der Waals surface area (Å²) in [4.78, 5) is 12.8. The van der Waals surface area contributed by atoms with Gasteiger partial charge in [-0.15, -0.1) is 11.3 Å². The Hall–Kier alpha value is -2.47. The molecule has 0 spiro atoms. The van der Waals surface area contributed by atoms with Crippen molar-refractivity contribution in [2.45, 2.75) is 79.1 Å². The number of halogens is 2. The van der Waals surface area contributed by atoms with E-state index >= 15 is 0 Å². The summed E-state index contributed by atoms with van der Waals surface area (Å²) in [5.41, 5.74) is 4.42. The lowest BCUT2D eigenvalue weighted by Crippen LogP contribution is -2.19. The number of hydrogen-bond acceptors (Lipinski definition) is 4. The van der Waals surface area contributed by atoms with Crippen LogP contribution in [0.5, 0.6) is 5.75 Å². The van der Waals surface area contributed by atoms with E-state index in [1.165, 1.54) is 6.08 Å². The Labute approximate surface area is 212 Å². The van der Waals surface area contributed by atoms with Gasteiger partial charge in [0.25, 0.3) is 0 Å². The van der Waals surface area contributed by atoms with E-state index in [0.29, 0.717) is 12.4 Å². The summed E-state index contributed by atoms with van der Waals surface area (Å²) in [6, 6.07) is 6.30. The number of carbonyl (C=O) groups excluding carboxylic acids is 1. The van der Waals surface area contributed by atoms with Crippen LogP contribution in [-0.2, 0) is 20.4 Å². The minimum Gasteiger partial charge on any atom is -0.492 e. The maximum Gasteiger partial charge on any atom is 0.330 e. The third-order valence-electron chi connectivity index (χ3n) is 5.46. The van der Waals surface area contributed by atoms with Crippen LogP contribution in [0.3, 0.4) is 0 Å². The van der Waals surface area contributed by atoms with Gasteiger partial charge in [0.1, 0.15) is 5.75 Å². The first-order chi connectivity index (χ1) is 16.2. The molecule has 0 saturated heterocycles. The first-order valence-electron chi connectivity index (χ1n) is 11.9. The molecule has 0 aliphatic carbocycles. The highest BCUT2D eigenvalue weighted by Crippen LogP contribution is 2.45. The van der Waals surface area contributed by atoms with Crippen LogP contribution >= 0.6 is 11.3 Å². The molecule has 3 nitrogen and oxygen atoms in total. The van der Waals surface area contributed by atoms with Crippen LogP contribution in [0.4, 0.5) is 8.78 Å². The van der Waals surface area contributed by atoms with Crippen molar-refractivity contribution in [3.05, 3.63) is 57.3 Å². The van der Waals surface area contributed by atoms with E-state index in [-0.39, 0.29) is 29.8 Å². The number of alkyl halides is 2. The van der Waals surface area contributed by atoms with Crippen LogP contribution in [0.25, 0.3) is 17.2 Å². The monoisotopic (exact) mass is 504 g/mol. The number of allylic oxidation sites excluding steroid dienone is 2. The maximum absolute atomic E-state index is 12.9. The molecule has 2 rings (SSSR count). The minimum absolute atomic E-state index is 0.0562. The quantitative estimate of drug-likeness (QED) is 0.195. The number of rotatable bonds is 9. The Morgan fingerprint density at radius 3 is 2.34 bits per heavy atom. The fourth-order valence-electron chi connectivity index (χ4n) is 3.52. The standard InChI is InChI=1S/C29H38F2O3S/c1-9-33-26(32)16-19(2)10-11-24-21(13-15-35-24)22-17-20(28(3,4)5)18-23(29(6,7)8)27(22)34-14-12-25(30)31/h10-11,13,15-18,25H,9,12,14H2,1-8H3/b11-10+,19-16+. The average Bonchev–Trinajstić information content (AvgIpc) is 3.19. The Kier molecular flexibility index (Phi) is 9.85. The summed E-state index contributed by atoms with van der Waals surface area (Å²) in [6.45, 7) is 16.7. The molecule has 0 aliphatic rings. The van der Waals surface area contributed by atoms with Gasteiger partial charge in [0.2, 0.25) is 6.43 Å². The second-order valence-electron chi connectivity index (χ2n) is 10.6. The highest BCUT2D eigenvalue weighted by Gasteiger charge is 2.27. The molecule has 35 heavy (non-hydrogen) atoms. The molecule has 0 aliphatic heterocycles. The SMILES string of the molecule is CCOC(=O)/C=C(C)/C=C/c1sccc1-c1cc(C(C)(C)C)cc(C(C)(C)C)c1OCCC(F)F. The van der Waals surface area contributed by atoms with Crippen LogP contribution in [0.2, 0.25) is 0 Å². The van der Waals surface area contributed by atoms with Crippen LogP contribution in [0, 0.1) is 0 Å². The van der Waals surface area contributed by atoms with Crippen molar-refractivity contribution in [2.75, 3.05) is 13.2 Å². The van der Waals surface area contributed by atoms with E-state index in [4.69, 9.17) is 9.47 Å². The highest BCUT2D eigenvalue weighted by atomic mass is 32.1. The largest absolute Gasteiger partial charge is 0.492 e. The van der Waals surface area contributed by atoms with Gasteiger partial charge in [0.05, 0.1) is 13.2 Å². The second-order valence-corrected chi connectivity index (χ2v) is 11.5. The topological polar surface area (TPSA) is 35.5 Å². The van der Waals surface area contributed by atoms with E-state index < -0.39 is 6.43 Å². The average molecular weight is 505 g/mol. The molecule has 0 amide bonds. The van der Waals surface area contributed by atoms with Crippen molar-refractivity contribution in [2.24, 2.45) is 0 Å². The minimum atomic E-state index is -2.42. The molecular formula is C29H38F2O3S. The van der Waals surface area contributed by atoms with Crippen LogP contribution in [-0.4, -0.2) is 25.6 Å².